The SMILES string of the molecule is CCCC(CCO)CNS(=O)(=O)CC(C)c1ccccc1. The van der Waals surface area contributed by atoms with Crippen molar-refractivity contribution in [1.82, 2.24) is 4.72 Å². The molecule has 0 amide bonds. The molecule has 2 unspecified atom stereocenters. The van der Waals surface area contributed by atoms with Gasteiger partial charge in [0.1, 0.15) is 0 Å². The molecule has 4 nitrogen and oxygen atoms in total. The molecule has 0 fully saturated rings. The van der Waals surface area contributed by atoms with Crippen LogP contribution in [0.5, 0.6) is 0 Å². The van der Waals surface area contributed by atoms with Crippen molar-refractivity contribution in [3.8, 4) is 0 Å². The van der Waals surface area contributed by atoms with E-state index in [9.17, 15) is 8.42 Å². The normalized spacial score (nSPS) is 14.8. The first-order chi connectivity index (χ1) is 9.98. The second-order valence-electron chi connectivity index (χ2n) is 5.61. The van der Waals surface area contributed by atoms with E-state index in [-0.39, 0.29) is 24.2 Å². The predicted molar refractivity (Wildman–Crippen MR) is 86.7 cm³/mol. The van der Waals surface area contributed by atoms with Crippen molar-refractivity contribution in [2.75, 3.05) is 18.9 Å². The molecule has 0 aliphatic rings. The summed E-state index contributed by atoms with van der Waals surface area (Å²) in [5.74, 6) is 0.266. The molecule has 0 radical (unpaired) electrons. The van der Waals surface area contributed by atoms with Crippen molar-refractivity contribution in [3.05, 3.63) is 35.9 Å². The zero-order valence-electron chi connectivity index (χ0n) is 13.0. The molecule has 1 rings (SSSR count). The summed E-state index contributed by atoms with van der Waals surface area (Å²) in [5.41, 5.74) is 1.03. The number of benzene rings is 1. The number of nitrogens with one attached hydrogen (secondary N) is 1. The second kappa shape index (κ2) is 9.18. The lowest BCUT2D eigenvalue weighted by Crippen LogP contribution is -2.33. The summed E-state index contributed by atoms with van der Waals surface area (Å²) in [6.45, 7) is 4.51. The van der Waals surface area contributed by atoms with Crippen LogP contribution in [-0.4, -0.2) is 32.4 Å². The molecule has 21 heavy (non-hydrogen) atoms. The van der Waals surface area contributed by atoms with E-state index in [0.717, 1.165) is 18.4 Å². The van der Waals surface area contributed by atoms with E-state index in [1.54, 1.807) is 0 Å². The Kier molecular flexibility index (Phi) is 7.93. The maximum absolute atomic E-state index is 12.2. The number of rotatable bonds is 10. The van der Waals surface area contributed by atoms with Crippen LogP contribution in [0.3, 0.4) is 0 Å². The van der Waals surface area contributed by atoms with Crippen molar-refractivity contribution in [2.24, 2.45) is 5.92 Å². The molecule has 0 aromatic heterocycles. The molecule has 0 spiro atoms. The molecule has 120 valence electrons. The lowest BCUT2D eigenvalue weighted by molar-refractivity contribution is 0.251. The highest BCUT2D eigenvalue weighted by Crippen LogP contribution is 2.17. The fourth-order valence-corrected chi connectivity index (χ4v) is 3.91. The Labute approximate surface area is 128 Å². The van der Waals surface area contributed by atoms with Crippen LogP contribution in [0.2, 0.25) is 0 Å². The molecule has 0 heterocycles. The Bertz CT molecular complexity index is 482. The summed E-state index contributed by atoms with van der Waals surface area (Å²) in [4.78, 5) is 0. The average molecular weight is 313 g/mol. The summed E-state index contributed by atoms with van der Waals surface area (Å²) in [6, 6.07) is 9.67. The maximum atomic E-state index is 12.2. The summed E-state index contributed by atoms with van der Waals surface area (Å²) in [5, 5.41) is 9.01. The third kappa shape index (κ3) is 7.07. The minimum atomic E-state index is -3.29. The highest BCUT2D eigenvalue weighted by Gasteiger charge is 2.18. The van der Waals surface area contributed by atoms with Gasteiger partial charge in [0.15, 0.2) is 0 Å². The molecule has 0 aliphatic heterocycles. The molecule has 0 bridgehead atoms. The first kappa shape index (κ1) is 18.1. The van der Waals surface area contributed by atoms with Crippen LogP contribution in [0, 0.1) is 5.92 Å². The highest BCUT2D eigenvalue weighted by atomic mass is 32.2. The molecule has 1 aromatic rings. The van der Waals surface area contributed by atoms with Gasteiger partial charge in [-0.1, -0.05) is 50.6 Å². The molecular weight excluding hydrogens is 286 g/mol. The number of aliphatic hydroxyl groups is 1. The van der Waals surface area contributed by atoms with Gasteiger partial charge in [0, 0.05) is 13.2 Å². The Morgan fingerprint density at radius 3 is 2.43 bits per heavy atom. The van der Waals surface area contributed by atoms with Crippen LogP contribution < -0.4 is 4.72 Å². The van der Waals surface area contributed by atoms with Gasteiger partial charge in [0.2, 0.25) is 10.0 Å². The largest absolute Gasteiger partial charge is 0.396 e. The molecule has 2 N–H and O–H groups in total. The lowest BCUT2D eigenvalue weighted by atomic mass is 10.0. The quantitative estimate of drug-likeness (QED) is 0.697. The van der Waals surface area contributed by atoms with Gasteiger partial charge >= 0.3 is 0 Å². The van der Waals surface area contributed by atoms with E-state index in [4.69, 9.17) is 5.11 Å². The van der Waals surface area contributed by atoms with Crippen LogP contribution in [0.15, 0.2) is 30.3 Å². The summed E-state index contributed by atoms with van der Waals surface area (Å²) < 4.78 is 27.0. The van der Waals surface area contributed by atoms with Crippen LogP contribution in [0.1, 0.15) is 44.6 Å². The van der Waals surface area contributed by atoms with Crippen LogP contribution in [-0.2, 0) is 10.0 Å². The minimum absolute atomic E-state index is 0.0360. The predicted octanol–water partition coefficient (Wildman–Crippen LogP) is 2.51. The lowest BCUT2D eigenvalue weighted by Gasteiger charge is -2.17. The molecule has 2 atom stereocenters. The summed E-state index contributed by atoms with van der Waals surface area (Å²) >= 11 is 0. The van der Waals surface area contributed by atoms with Crippen LogP contribution >= 0.6 is 0 Å². The molecular formula is C16H27NO3S. The van der Waals surface area contributed by atoms with E-state index in [0.29, 0.717) is 13.0 Å². The van der Waals surface area contributed by atoms with Crippen LogP contribution in [0.4, 0.5) is 0 Å². The Hall–Kier alpha value is -0.910. The summed E-state index contributed by atoms with van der Waals surface area (Å²) in [7, 11) is -3.29. The van der Waals surface area contributed by atoms with Gasteiger partial charge in [-0.25, -0.2) is 13.1 Å². The van der Waals surface area contributed by atoms with E-state index < -0.39 is 10.0 Å². The van der Waals surface area contributed by atoms with Crippen molar-refractivity contribution >= 4 is 10.0 Å². The smallest absolute Gasteiger partial charge is 0.212 e. The monoisotopic (exact) mass is 313 g/mol. The van der Waals surface area contributed by atoms with E-state index >= 15 is 0 Å². The summed E-state index contributed by atoms with van der Waals surface area (Å²) in [6.07, 6.45) is 2.56. The van der Waals surface area contributed by atoms with Gasteiger partial charge in [0.05, 0.1) is 5.75 Å². The maximum Gasteiger partial charge on any atom is 0.212 e. The van der Waals surface area contributed by atoms with Crippen molar-refractivity contribution in [1.29, 1.82) is 0 Å². The molecule has 1 aromatic carbocycles. The zero-order chi connectivity index (χ0) is 15.7. The second-order valence-corrected chi connectivity index (χ2v) is 7.46. The van der Waals surface area contributed by atoms with E-state index in [1.807, 2.05) is 37.3 Å². The number of sulfonamides is 1. The first-order valence-corrected chi connectivity index (χ1v) is 9.26. The van der Waals surface area contributed by atoms with Gasteiger partial charge in [-0.2, -0.15) is 0 Å². The Morgan fingerprint density at radius 1 is 1.19 bits per heavy atom. The molecule has 5 heteroatoms. The number of hydrogen-bond acceptors (Lipinski definition) is 3. The fraction of sp³-hybridized carbons (Fsp3) is 0.625. The number of hydrogen-bond donors (Lipinski definition) is 2. The Morgan fingerprint density at radius 2 is 1.86 bits per heavy atom. The van der Waals surface area contributed by atoms with Gasteiger partial charge in [-0.05, 0) is 30.2 Å². The van der Waals surface area contributed by atoms with Gasteiger partial charge in [0.25, 0.3) is 0 Å². The van der Waals surface area contributed by atoms with Crippen LogP contribution in [0.25, 0.3) is 0 Å². The van der Waals surface area contributed by atoms with Gasteiger partial charge in [-0.3, -0.25) is 0 Å². The standard InChI is InChI=1S/C16H27NO3S/c1-3-7-15(10-11-18)12-17-21(19,20)13-14(2)16-8-5-4-6-9-16/h4-6,8-9,14-15,17-18H,3,7,10-13H2,1-2H3. The van der Waals surface area contributed by atoms with E-state index in [1.165, 1.54) is 0 Å². The van der Waals surface area contributed by atoms with E-state index in [2.05, 4.69) is 11.6 Å². The molecule has 0 saturated carbocycles. The molecule has 0 aliphatic carbocycles. The van der Waals surface area contributed by atoms with Crippen molar-refractivity contribution < 1.29 is 13.5 Å². The average Bonchev–Trinajstić information content (AvgIpc) is 2.46. The van der Waals surface area contributed by atoms with Crippen molar-refractivity contribution in [2.45, 2.75) is 39.0 Å². The third-order valence-electron chi connectivity index (χ3n) is 3.66. The van der Waals surface area contributed by atoms with Gasteiger partial charge < -0.3 is 5.11 Å². The number of aliphatic hydroxyl groups excluding tert-OH is 1. The topological polar surface area (TPSA) is 66.4 Å². The van der Waals surface area contributed by atoms with Crippen molar-refractivity contribution in [3.63, 3.8) is 0 Å². The zero-order valence-corrected chi connectivity index (χ0v) is 13.8. The first-order valence-electron chi connectivity index (χ1n) is 7.61. The highest BCUT2D eigenvalue weighted by molar-refractivity contribution is 7.89. The fourth-order valence-electron chi connectivity index (χ4n) is 2.45. The minimum Gasteiger partial charge on any atom is -0.396 e. The van der Waals surface area contributed by atoms with Gasteiger partial charge in [-0.15, -0.1) is 0 Å². The third-order valence-corrected chi connectivity index (χ3v) is 5.21. The Balaban J connectivity index is 2.53. The molecule has 0 saturated heterocycles.